The number of benzene rings is 1. The highest BCUT2D eigenvalue weighted by molar-refractivity contribution is 5.73. The molecule has 3 rings (SSSR count). The zero-order valence-electron chi connectivity index (χ0n) is 17.8. The van der Waals surface area contributed by atoms with Crippen molar-refractivity contribution < 1.29 is 36.6 Å². The molecular weight excluding hydrogens is 434 g/mol. The molecule has 2 aromatic rings. The Morgan fingerprint density at radius 2 is 1.94 bits per heavy atom. The minimum atomic E-state index is -4.57. The second-order valence-electron chi connectivity index (χ2n) is 7.18. The van der Waals surface area contributed by atoms with E-state index in [1.54, 1.807) is 6.92 Å². The molecule has 0 bridgehead atoms. The Kier molecular flexibility index (Phi) is 7.29. The molecule has 0 amide bonds. The Bertz CT molecular complexity index is 978. The van der Waals surface area contributed by atoms with Crippen molar-refractivity contribution in [3.8, 4) is 0 Å². The van der Waals surface area contributed by atoms with Gasteiger partial charge >= 0.3 is 12.1 Å². The highest BCUT2D eigenvalue weighted by Gasteiger charge is 2.34. The van der Waals surface area contributed by atoms with Crippen molar-refractivity contribution in [2.75, 3.05) is 32.3 Å². The molecular formula is C21H23F4N3O4. The molecule has 1 unspecified atom stereocenters. The van der Waals surface area contributed by atoms with Crippen LogP contribution in [0.15, 0.2) is 18.2 Å². The number of hydrogen-bond acceptors (Lipinski definition) is 7. The van der Waals surface area contributed by atoms with Crippen LogP contribution in [0.5, 0.6) is 0 Å². The third-order valence-electron chi connectivity index (χ3n) is 5.06. The third-order valence-corrected chi connectivity index (χ3v) is 5.06. The quantitative estimate of drug-likeness (QED) is 0.497. The number of methoxy groups -OCH3 is 1. The topological polar surface area (TPSA) is 82.6 Å². The summed E-state index contributed by atoms with van der Waals surface area (Å²) in [6, 6.07) is 2.46. The van der Waals surface area contributed by atoms with Crippen molar-refractivity contribution in [3.05, 3.63) is 52.0 Å². The number of halogens is 4. The Hall–Kier alpha value is -2.79. The van der Waals surface area contributed by atoms with Gasteiger partial charge in [-0.05, 0) is 31.0 Å². The van der Waals surface area contributed by atoms with Crippen LogP contribution in [0, 0.1) is 13.8 Å². The van der Waals surface area contributed by atoms with Crippen molar-refractivity contribution in [2.45, 2.75) is 38.8 Å². The summed E-state index contributed by atoms with van der Waals surface area (Å²) in [5.74, 6) is -0.182. The summed E-state index contributed by atoms with van der Waals surface area (Å²) in [5.41, 5.74) is -0.264. The molecule has 1 saturated heterocycles. The Morgan fingerprint density at radius 3 is 2.53 bits per heavy atom. The molecule has 1 aliphatic heterocycles. The predicted molar refractivity (Wildman–Crippen MR) is 106 cm³/mol. The summed E-state index contributed by atoms with van der Waals surface area (Å²) in [6.07, 6.45) is -5.70. The van der Waals surface area contributed by atoms with Crippen molar-refractivity contribution in [1.29, 1.82) is 0 Å². The molecule has 7 nitrogen and oxygen atoms in total. The first-order valence-electron chi connectivity index (χ1n) is 9.82. The number of esters is 1. The molecule has 174 valence electrons. The van der Waals surface area contributed by atoms with Crippen LogP contribution in [0.1, 0.15) is 46.1 Å². The van der Waals surface area contributed by atoms with Crippen LogP contribution in [0.3, 0.4) is 0 Å². The fourth-order valence-electron chi connectivity index (χ4n) is 3.57. The number of carbonyl (C=O) groups excluding carboxylic acids is 1. The van der Waals surface area contributed by atoms with Crippen molar-refractivity contribution in [2.24, 2.45) is 0 Å². The number of nitrogens with zero attached hydrogens (tertiary/aromatic N) is 2. The van der Waals surface area contributed by atoms with Gasteiger partial charge in [0.1, 0.15) is 18.3 Å². The van der Waals surface area contributed by atoms with E-state index in [0.29, 0.717) is 0 Å². The standard InChI is InChI=1S/C21H23F4N3O4/c1-11-13(5-4-6-14(11)21(23,24)25)16(10-22)28-19-18(20-31-7-8-32-20)15(9-17(29)30-3)26-12(2)27-19/h4-6,16,20H,7-10H2,1-3H3,(H,26,27,28). The minimum absolute atomic E-state index is 0.0920. The maximum absolute atomic E-state index is 14.1. The van der Waals surface area contributed by atoms with Gasteiger partial charge in [0.15, 0.2) is 6.29 Å². The minimum Gasteiger partial charge on any atom is -0.469 e. The van der Waals surface area contributed by atoms with Crippen LogP contribution in [-0.2, 0) is 31.6 Å². The van der Waals surface area contributed by atoms with E-state index in [0.717, 1.165) is 6.07 Å². The zero-order valence-corrected chi connectivity index (χ0v) is 17.8. The van der Waals surface area contributed by atoms with Gasteiger partial charge in [0.2, 0.25) is 0 Å². The molecule has 1 aromatic carbocycles. The lowest BCUT2D eigenvalue weighted by Gasteiger charge is -2.24. The lowest BCUT2D eigenvalue weighted by molar-refractivity contribution is -0.140. The van der Waals surface area contributed by atoms with Gasteiger partial charge in [0.05, 0.1) is 49.6 Å². The zero-order chi connectivity index (χ0) is 23.5. The first kappa shape index (κ1) is 23.9. The number of aromatic nitrogens is 2. The number of anilines is 1. The van der Waals surface area contributed by atoms with E-state index in [1.165, 1.54) is 26.2 Å². The van der Waals surface area contributed by atoms with E-state index >= 15 is 0 Å². The molecule has 1 fully saturated rings. The first-order valence-corrected chi connectivity index (χ1v) is 9.82. The fourth-order valence-corrected chi connectivity index (χ4v) is 3.57. The van der Waals surface area contributed by atoms with Gasteiger partial charge in [-0.1, -0.05) is 12.1 Å². The summed E-state index contributed by atoms with van der Waals surface area (Å²) < 4.78 is 69.9. The summed E-state index contributed by atoms with van der Waals surface area (Å²) >= 11 is 0. The summed E-state index contributed by atoms with van der Waals surface area (Å²) in [4.78, 5) is 20.5. The van der Waals surface area contributed by atoms with E-state index in [9.17, 15) is 22.4 Å². The molecule has 1 aromatic heterocycles. The van der Waals surface area contributed by atoms with Gasteiger partial charge in [-0.15, -0.1) is 0 Å². The number of carbonyl (C=O) groups is 1. The summed E-state index contributed by atoms with van der Waals surface area (Å²) in [5, 5.41) is 2.88. The molecule has 11 heteroatoms. The number of rotatable bonds is 7. The van der Waals surface area contributed by atoms with E-state index in [-0.39, 0.29) is 53.7 Å². The monoisotopic (exact) mass is 457 g/mol. The molecule has 0 aliphatic carbocycles. The van der Waals surface area contributed by atoms with Crippen molar-refractivity contribution in [1.82, 2.24) is 9.97 Å². The van der Waals surface area contributed by atoms with Gasteiger partial charge in [-0.3, -0.25) is 4.79 Å². The van der Waals surface area contributed by atoms with E-state index in [4.69, 9.17) is 14.2 Å². The van der Waals surface area contributed by atoms with Gasteiger partial charge in [-0.25, -0.2) is 14.4 Å². The van der Waals surface area contributed by atoms with Gasteiger partial charge in [0.25, 0.3) is 0 Å². The SMILES string of the molecule is COC(=O)Cc1nc(C)nc(NC(CF)c2cccc(C(F)(F)F)c2C)c1C1OCCO1. The molecule has 2 heterocycles. The van der Waals surface area contributed by atoms with E-state index < -0.39 is 36.7 Å². The number of alkyl halides is 4. The van der Waals surface area contributed by atoms with E-state index in [1.807, 2.05) is 0 Å². The molecule has 0 radical (unpaired) electrons. The second-order valence-corrected chi connectivity index (χ2v) is 7.18. The van der Waals surface area contributed by atoms with Crippen LogP contribution < -0.4 is 5.32 Å². The average molecular weight is 457 g/mol. The average Bonchev–Trinajstić information content (AvgIpc) is 3.25. The van der Waals surface area contributed by atoms with Crippen LogP contribution >= 0.6 is 0 Å². The Balaban J connectivity index is 2.06. The fraction of sp³-hybridized carbons (Fsp3) is 0.476. The van der Waals surface area contributed by atoms with Gasteiger partial charge in [0, 0.05) is 0 Å². The second kappa shape index (κ2) is 9.78. The van der Waals surface area contributed by atoms with Crippen LogP contribution in [-0.4, -0.2) is 42.9 Å². The molecule has 32 heavy (non-hydrogen) atoms. The number of nitrogens with one attached hydrogen (secondary N) is 1. The molecule has 0 saturated carbocycles. The lowest BCUT2D eigenvalue weighted by atomic mass is 9.96. The smallest absolute Gasteiger partial charge is 0.416 e. The lowest BCUT2D eigenvalue weighted by Crippen LogP contribution is -2.22. The third kappa shape index (κ3) is 5.16. The summed E-state index contributed by atoms with van der Waals surface area (Å²) in [6.45, 7) is 2.43. The number of ether oxygens (including phenoxy) is 3. The van der Waals surface area contributed by atoms with Gasteiger partial charge < -0.3 is 19.5 Å². The Morgan fingerprint density at radius 1 is 1.25 bits per heavy atom. The highest BCUT2D eigenvalue weighted by Crippen LogP contribution is 2.37. The van der Waals surface area contributed by atoms with Crippen molar-refractivity contribution in [3.63, 3.8) is 0 Å². The number of hydrogen-bond donors (Lipinski definition) is 1. The van der Waals surface area contributed by atoms with Crippen LogP contribution in [0.2, 0.25) is 0 Å². The maximum atomic E-state index is 14.1. The van der Waals surface area contributed by atoms with Crippen LogP contribution in [0.25, 0.3) is 0 Å². The predicted octanol–water partition coefficient (Wildman–Crippen LogP) is 4.00. The molecule has 1 aliphatic rings. The van der Waals surface area contributed by atoms with Crippen molar-refractivity contribution >= 4 is 11.8 Å². The maximum Gasteiger partial charge on any atom is 0.416 e. The molecule has 1 N–H and O–H groups in total. The van der Waals surface area contributed by atoms with E-state index in [2.05, 4.69) is 15.3 Å². The highest BCUT2D eigenvalue weighted by atomic mass is 19.4. The molecule has 1 atom stereocenters. The normalized spacial score (nSPS) is 15.6. The molecule has 0 spiro atoms. The summed E-state index contributed by atoms with van der Waals surface area (Å²) in [7, 11) is 1.23. The van der Waals surface area contributed by atoms with Gasteiger partial charge in [-0.2, -0.15) is 13.2 Å². The number of aryl methyl sites for hydroxylation is 1. The Labute approximate surface area is 182 Å². The van der Waals surface area contributed by atoms with Crippen LogP contribution in [0.4, 0.5) is 23.4 Å². The first-order chi connectivity index (χ1) is 15.2. The largest absolute Gasteiger partial charge is 0.469 e.